The first-order chi connectivity index (χ1) is 11.0. The van der Waals surface area contributed by atoms with Gasteiger partial charge < -0.3 is 9.47 Å². The highest BCUT2D eigenvalue weighted by Crippen LogP contribution is 2.24. The van der Waals surface area contributed by atoms with Crippen LogP contribution in [0.1, 0.15) is 32.6 Å². The Morgan fingerprint density at radius 2 is 2.09 bits per heavy atom. The molecular weight excluding hydrogens is 340 g/mol. The molecule has 8 heteroatoms. The van der Waals surface area contributed by atoms with E-state index in [0.717, 1.165) is 17.4 Å². The zero-order valence-electron chi connectivity index (χ0n) is 12.9. The first-order valence-corrected chi connectivity index (χ1v) is 10.2. The van der Waals surface area contributed by atoms with E-state index < -0.39 is 32.3 Å². The molecule has 0 bridgehead atoms. The van der Waals surface area contributed by atoms with E-state index in [1.807, 2.05) is 0 Å². The maximum absolute atomic E-state index is 12.5. The topological polar surface area (TPSA) is 86.7 Å². The summed E-state index contributed by atoms with van der Waals surface area (Å²) < 4.78 is 34.1. The second kappa shape index (κ2) is 8.54. The second-order valence-electron chi connectivity index (χ2n) is 5.37. The van der Waals surface area contributed by atoms with Crippen molar-refractivity contribution in [2.24, 2.45) is 0 Å². The molecule has 0 aliphatic carbocycles. The Morgan fingerprint density at radius 1 is 1.30 bits per heavy atom. The number of esters is 1. The SMILES string of the molecule is CCS(=O)C(CC1=COC(=O)C1)S(=O)CCC1=COC(C=O)C1. The molecule has 0 aromatic heterocycles. The van der Waals surface area contributed by atoms with E-state index in [1.165, 1.54) is 6.26 Å². The van der Waals surface area contributed by atoms with Crippen LogP contribution in [0.15, 0.2) is 23.7 Å². The molecule has 0 spiro atoms. The molecule has 0 aromatic rings. The molecular formula is C15H20O6S2. The van der Waals surface area contributed by atoms with Crippen molar-refractivity contribution in [1.29, 1.82) is 0 Å². The molecule has 128 valence electrons. The van der Waals surface area contributed by atoms with Gasteiger partial charge in [-0.15, -0.1) is 0 Å². The minimum atomic E-state index is -1.30. The maximum Gasteiger partial charge on any atom is 0.314 e. The summed E-state index contributed by atoms with van der Waals surface area (Å²) in [5.74, 6) is 0.441. The second-order valence-corrected chi connectivity index (χ2v) is 9.32. The van der Waals surface area contributed by atoms with Crippen molar-refractivity contribution >= 4 is 33.9 Å². The molecule has 4 atom stereocenters. The molecule has 0 saturated carbocycles. The molecule has 0 fully saturated rings. The molecule has 2 aliphatic heterocycles. The van der Waals surface area contributed by atoms with E-state index in [4.69, 9.17) is 9.47 Å². The van der Waals surface area contributed by atoms with E-state index in [-0.39, 0.29) is 12.4 Å². The Labute approximate surface area is 140 Å². The number of aldehydes is 1. The molecule has 2 heterocycles. The Bertz CT molecular complexity index is 581. The first-order valence-electron chi connectivity index (χ1n) is 7.44. The smallest absolute Gasteiger partial charge is 0.314 e. The van der Waals surface area contributed by atoms with Gasteiger partial charge in [-0.25, -0.2) is 0 Å². The lowest BCUT2D eigenvalue weighted by Gasteiger charge is -2.15. The number of carbonyl (C=O) groups excluding carboxylic acids is 2. The lowest BCUT2D eigenvalue weighted by molar-refractivity contribution is -0.135. The Morgan fingerprint density at radius 3 is 2.65 bits per heavy atom. The minimum absolute atomic E-state index is 0.175. The number of hydrogen-bond acceptors (Lipinski definition) is 6. The van der Waals surface area contributed by atoms with Crippen molar-refractivity contribution in [2.45, 2.75) is 43.3 Å². The summed E-state index contributed by atoms with van der Waals surface area (Å²) in [5.41, 5.74) is 1.68. The van der Waals surface area contributed by atoms with Crippen molar-refractivity contribution in [2.75, 3.05) is 11.5 Å². The molecule has 0 N–H and O–H groups in total. The van der Waals surface area contributed by atoms with Crippen molar-refractivity contribution in [3.63, 3.8) is 0 Å². The van der Waals surface area contributed by atoms with E-state index in [2.05, 4.69) is 0 Å². The number of rotatable bonds is 9. The molecule has 0 aromatic carbocycles. The molecule has 0 amide bonds. The summed E-state index contributed by atoms with van der Waals surface area (Å²) in [6.45, 7) is 1.78. The summed E-state index contributed by atoms with van der Waals surface area (Å²) >= 11 is 0. The average molecular weight is 360 g/mol. The van der Waals surface area contributed by atoms with Gasteiger partial charge in [-0.1, -0.05) is 6.92 Å². The normalized spacial score (nSPS) is 24.2. The molecule has 23 heavy (non-hydrogen) atoms. The van der Waals surface area contributed by atoms with Crippen LogP contribution in [0.2, 0.25) is 0 Å². The third-order valence-corrected chi connectivity index (χ3v) is 7.65. The van der Waals surface area contributed by atoms with Crippen LogP contribution in [0.25, 0.3) is 0 Å². The summed E-state index contributed by atoms with van der Waals surface area (Å²) in [4.78, 5) is 21.8. The summed E-state index contributed by atoms with van der Waals surface area (Å²) in [7, 11) is -2.53. The van der Waals surface area contributed by atoms with Gasteiger partial charge in [0.25, 0.3) is 0 Å². The fourth-order valence-electron chi connectivity index (χ4n) is 2.39. The molecule has 0 saturated heterocycles. The zero-order chi connectivity index (χ0) is 16.8. The Balaban J connectivity index is 1.90. The van der Waals surface area contributed by atoms with Gasteiger partial charge in [0.05, 0.1) is 18.9 Å². The van der Waals surface area contributed by atoms with E-state index in [0.29, 0.717) is 30.8 Å². The lowest BCUT2D eigenvalue weighted by atomic mass is 10.1. The van der Waals surface area contributed by atoms with Crippen LogP contribution >= 0.6 is 0 Å². The lowest BCUT2D eigenvalue weighted by Crippen LogP contribution is -2.25. The number of cyclic esters (lactones) is 1. The minimum Gasteiger partial charge on any atom is -0.490 e. The Hall–Kier alpha value is -1.28. The third-order valence-electron chi connectivity index (χ3n) is 3.68. The van der Waals surface area contributed by atoms with E-state index >= 15 is 0 Å². The van der Waals surface area contributed by atoms with Gasteiger partial charge in [-0.3, -0.25) is 18.0 Å². The van der Waals surface area contributed by atoms with Crippen LogP contribution in [0.4, 0.5) is 0 Å². The van der Waals surface area contributed by atoms with Crippen molar-refractivity contribution < 1.29 is 27.5 Å². The highest BCUT2D eigenvalue weighted by atomic mass is 32.2. The fourth-order valence-corrected chi connectivity index (χ4v) is 5.94. The number of ether oxygens (including phenoxy) is 2. The molecule has 6 nitrogen and oxygen atoms in total. The van der Waals surface area contributed by atoms with Gasteiger partial charge in [-0.2, -0.15) is 0 Å². The molecule has 2 rings (SSSR count). The standard InChI is InChI=1S/C15H20O6S2/c1-2-22(18)15(7-12-6-14(17)21-10-12)23(19)4-3-11-5-13(8-16)20-9-11/h8-10,13,15H,2-7H2,1H3. The van der Waals surface area contributed by atoms with Crippen molar-refractivity contribution in [1.82, 2.24) is 0 Å². The van der Waals surface area contributed by atoms with Crippen LogP contribution in [0, 0.1) is 0 Å². The van der Waals surface area contributed by atoms with Crippen LogP contribution in [0.3, 0.4) is 0 Å². The monoisotopic (exact) mass is 360 g/mol. The van der Waals surface area contributed by atoms with Crippen LogP contribution in [0.5, 0.6) is 0 Å². The van der Waals surface area contributed by atoms with Gasteiger partial charge >= 0.3 is 5.97 Å². The van der Waals surface area contributed by atoms with Gasteiger partial charge in [0.15, 0.2) is 12.4 Å². The molecule has 4 unspecified atom stereocenters. The highest BCUT2D eigenvalue weighted by Gasteiger charge is 2.27. The van der Waals surface area contributed by atoms with Crippen molar-refractivity contribution in [3.05, 3.63) is 23.7 Å². The number of carbonyl (C=O) groups is 2. The summed E-state index contributed by atoms with van der Waals surface area (Å²) in [6, 6.07) is 0. The third kappa shape index (κ3) is 5.10. The Kier molecular flexibility index (Phi) is 6.71. The average Bonchev–Trinajstić information content (AvgIpc) is 3.18. The van der Waals surface area contributed by atoms with Gasteiger partial charge in [-0.05, 0) is 24.0 Å². The summed E-state index contributed by atoms with van der Waals surface area (Å²) in [5, 5.41) is 0. The first kappa shape index (κ1) is 18.1. The molecule has 2 aliphatic rings. The van der Waals surface area contributed by atoms with Gasteiger partial charge in [0.2, 0.25) is 0 Å². The van der Waals surface area contributed by atoms with E-state index in [9.17, 15) is 18.0 Å². The van der Waals surface area contributed by atoms with Crippen LogP contribution < -0.4 is 0 Å². The van der Waals surface area contributed by atoms with Crippen LogP contribution in [-0.4, -0.2) is 42.9 Å². The predicted molar refractivity (Wildman–Crippen MR) is 87.1 cm³/mol. The predicted octanol–water partition coefficient (Wildman–Crippen LogP) is 1.31. The van der Waals surface area contributed by atoms with Crippen molar-refractivity contribution in [3.8, 4) is 0 Å². The van der Waals surface area contributed by atoms with Gasteiger partial charge in [0, 0.05) is 39.5 Å². The van der Waals surface area contributed by atoms with E-state index in [1.54, 1.807) is 13.2 Å². The zero-order valence-corrected chi connectivity index (χ0v) is 14.5. The quantitative estimate of drug-likeness (QED) is 0.455. The van der Waals surface area contributed by atoms with Gasteiger partial charge in [0.1, 0.15) is 4.58 Å². The highest BCUT2D eigenvalue weighted by molar-refractivity contribution is 8.02. The molecule has 0 radical (unpaired) electrons. The fraction of sp³-hybridized carbons (Fsp3) is 0.600. The van der Waals surface area contributed by atoms with Crippen LogP contribution in [-0.2, 0) is 40.7 Å². The maximum atomic E-state index is 12.5. The largest absolute Gasteiger partial charge is 0.490 e. The summed E-state index contributed by atoms with van der Waals surface area (Å²) in [6.07, 6.45) is 4.82. The number of hydrogen-bond donors (Lipinski definition) is 0.